The van der Waals surface area contributed by atoms with Crippen LogP contribution < -0.4 is 16.3 Å². The summed E-state index contributed by atoms with van der Waals surface area (Å²) in [6.45, 7) is 3.56. The van der Waals surface area contributed by atoms with Gasteiger partial charge in [0, 0.05) is 0 Å². The molecule has 2 nitrogen and oxygen atoms in total. The number of nitrogens with two attached hydrogens (primary N) is 1. The summed E-state index contributed by atoms with van der Waals surface area (Å²) in [5, 5.41) is 2.37. The van der Waals surface area contributed by atoms with E-state index in [-0.39, 0.29) is 11.6 Å². The Labute approximate surface area is 128 Å². The Morgan fingerprint density at radius 3 is 1.67 bits per heavy atom. The molecule has 0 radical (unpaired) electrons. The highest BCUT2D eigenvalue weighted by Crippen LogP contribution is 2.38. The fraction of sp³-hybridized carbons (Fsp3) is 0.167. The van der Waals surface area contributed by atoms with Gasteiger partial charge in [0.05, 0.1) is 5.66 Å². The quantitative estimate of drug-likeness (QED) is 0.684. The highest BCUT2D eigenvalue weighted by atomic mass is 31.1. The van der Waals surface area contributed by atoms with Crippen LogP contribution in [0.15, 0.2) is 60.7 Å². The van der Waals surface area contributed by atoms with E-state index in [4.69, 9.17) is 5.73 Å². The summed E-state index contributed by atoms with van der Waals surface area (Å²) in [6, 6.07) is 20.2. The monoisotopic (exact) mass is 297 g/mol. The Bertz CT molecular complexity index is 550. The second-order valence-corrected chi connectivity index (χ2v) is 6.96. The second kappa shape index (κ2) is 8.95. The predicted octanol–water partition coefficient (Wildman–Crippen LogP) is 2.63. The highest BCUT2D eigenvalue weighted by molar-refractivity contribution is 7.74. The summed E-state index contributed by atoms with van der Waals surface area (Å²) >= 11 is 0. The molecule has 3 heteroatoms. The molecule has 1 unspecified atom stereocenters. The topological polar surface area (TPSA) is 43.1 Å². The van der Waals surface area contributed by atoms with Crippen molar-refractivity contribution in [3.05, 3.63) is 60.7 Å². The molecule has 2 aromatic rings. The van der Waals surface area contributed by atoms with Gasteiger partial charge in [0.15, 0.2) is 0 Å². The Morgan fingerprint density at radius 1 is 1.05 bits per heavy atom. The Kier molecular flexibility index (Phi) is 7.23. The standard InChI is InChI=1S/C15H16NOP.C3H4/c1-12(15(16)17)18(13-8-4-2-5-9-13)14-10-6-3-7-11-14;1-3-2/h2-12H,1H3,(H2,16,17);1H,2H3. The third-order valence-electron chi connectivity index (χ3n) is 2.87. The lowest BCUT2D eigenvalue weighted by Crippen LogP contribution is -2.31. The molecule has 1 atom stereocenters. The Hall–Kier alpha value is -2.10. The molecular formula is C18H20NOP. The smallest absolute Gasteiger partial charge is 0.225 e. The summed E-state index contributed by atoms with van der Waals surface area (Å²) < 4.78 is 0. The van der Waals surface area contributed by atoms with Gasteiger partial charge in [-0.1, -0.05) is 60.7 Å². The fourth-order valence-corrected chi connectivity index (χ4v) is 4.33. The van der Waals surface area contributed by atoms with Crippen molar-refractivity contribution in [3.8, 4) is 12.3 Å². The number of carbonyl (C=O) groups is 1. The molecule has 0 aliphatic carbocycles. The minimum atomic E-state index is -0.726. The number of hydrogen-bond donors (Lipinski definition) is 1. The lowest BCUT2D eigenvalue weighted by molar-refractivity contribution is -0.117. The van der Waals surface area contributed by atoms with E-state index in [2.05, 4.69) is 36.6 Å². The van der Waals surface area contributed by atoms with E-state index in [1.54, 1.807) is 6.92 Å². The molecule has 0 aromatic heterocycles. The van der Waals surface area contributed by atoms with Crippen LogP contribution in [0.2, 0.25) is 0 Å². The van der Waals surface area contributed by atoms with Crippen molar-refractivity contribution in [3.63, 3.8) is 0 Å². The number of rotatable bonds is 4. The van der Waals surface area contributed by atoms with E-state index in [1.807, 2.05) is 43.3 Å². The minimum absolute atomic E-state index is 0.162. The second-order valence-electron chi connectivity index (χ2n) is 4.41. The number of hydrogen-bond acceptors (Lipinski definition) is 1. The highest BCUT2D eigenvalue weighted by Gasteiger charge is 2.24. The van der Waals surface area contributed by atoms with Gasteiger partial charge < -0.3 is 5.73 Å². The molecule has 0 saturated heterocycles. The molecule has 2 aromatic carbocycles. The van der Waals surface area contributed by atoms with E-state index in [0.29, 0.717) is 0 Å². The maximum atomic E-state index is 11.5. The number of terminal acetylenes is 1. The first-order chi connectivity index (χ1) is 10.1. The van der Waals surface area contributed by atoms with Crippen LogP contribution >= 0.6 is 7.92 Å². The van der Waals surface area contributed by atoms with Gasteiger partial charge in [-0.15, -0.1) is 12.3 Å². The van der Waals surface area contributed by atoms with E-state index < -0.39 is 7.92 Å². The van der Waals surface area contributed by atoms with Gasteiger partial charge in [-0.05, 0) is 32.4 Å². The fourth-order valence-electron chi connectivity index (χ4n) is 1.90. The van der Waals surface area contributed by atoms with E-state index in [0.717, 1.165) is 0 Å². The molecular weight excluding hydrogens is 277 g/mol. The van der Waals surface area contributed by atoms with E-state index >= 15 is 0 Å². The molecule has 21 heavy (non-hydrogen) atoms. The molecule has 2 rings (SSSR count). The summed E-state index contributed by atoms with van der Waals surface area (Å²) in [4.78, 5) is 11.5. The molecule has 0 aliphatic heterocycles. The molecule has 0 bridgehead atoms. The van der Waals surface area contributed by atoms with E-state index in [9.17, 15) is 4.79 Å². The van der Waals surface area contributed by atoms with Crippen LogP contribution in [0.25, 0.3) is 0 Å². The van der Waals surface area contributed by atoms with Crippen LogP contribution in [-0.4, -0.2) is 11.6 Å². The van der Waals surface area contributed by atoms with Crippen LogP contribution in [0.3, 0.4) is 0 Å². The Morgan fingerprint density at radius 2 is 1.38 bits per heavy atom. The molecule has 1 amide bonds. The molecule has 0 spiro atoms. The molecule has 108 valence electrons. The largest absolute Gasteiger partial charge is 0.369 e. The van der Waals surface area contributed by atoms with Gasteiger partial charge in [-0.25, -0.2) is 0 Å². The zero-order valence-corrected chi connectivity index (χ0v) is 13.3. The molecule has 2 N–H and O–H groups in total. The zero-order valence-electron chi connectivity index (χ0n) is 12.4. The SMILES string of the molecule is C#CC.CC(C(N)=O)P(c1ccccc1)c1ccccc1. The third kappa shape index (κ3) is 5.06. The number of amides is 1. The van der Waals surface area contributed by atoms with Crippen molar-refractivity contribution in [1.82, 2.24) is 0 Å². The van der Waals surface area contributed by atoms with Crippen LogP contribution in [0, 0.1) is 12.3 Å². The third-order valence-corrected chi connectivity index (χ3v) is 5.61. The molecule has 0 heterocycles. The maximum absolute atomic E-state index is 11.5. The van der Waals surface area contributed by atoms with Crippen molar-refractivity contribution in [1.29, 1.82) is 0 Å². The lowest BCUT2D eigenvalue weighted by atomic mass is 10.4. The number of primary amides is 1. The summed E-state index contributed by atoms with van der Waals surface area (Å²) in [5.41, 5.74) is 5.33. The van der Waals surface area contributed by atoms with Crippen molar-refractivity contribution < 1.29 is 4.79 Å². The van der Waals surface area contributed by atoms with Gasteiger partial charge in [-0.3, -0.25) is 4.79 Å². The van der Waals surface area contributed by atoms with Crippen LogP contribution in [0.1, 0.15) is 13.8 Å². The van der Waals surface area contributed by atoms with E-state index in [1.165, 1.54) is 10.6 Å². The zero-order chi connectivity index (χ0) is 15.7. The Balaban J connectivity index is 0.000000677. The van der Waals surface area contributed by atoms with Crippen LogP contribution in [0.5, 0.6) is 0 Å². The van der Waals surface area contributed by atoms with Gasteiger partial charge in [0.1, 0.15) is 0 Å². The maximum Gasteiger partial charge on any atom is 0.225 e. The van der Waals surface area contributed by atoms with Crippen molar-refractivity contribution in [2.24, 2.45) is 5.73 Å². The number of carbonyl (C=O) groups excluding carboxylic acids is 1. The molecule has 0 fully saturated rings. The van der Waals surface area contributed by atoms with Gasteiger partial charge in [0.2, 0.25) is 5.91 Å². The summed E-state index contributed by atoms with van der Waals surface area (Å²) in [6.07, 6.45) is 4.60. The molecule has 0 aliphatic rings. The minimum Gasteiger partial charge on any atom is -0.369 e. The van der Waals surface area contributed by atoms with Crippen molar-refractivity contribution in [2.45, 2.75) is 19.5 Å². The summed E-state index contributed by atoms with van der Waals surface area (Å²) in [7, 11) is -0.726. The van der Waals surface area contributed by atoms with Gasteiger partial charge in [-0.2, -0.15) is 0 Å². The predicted molar refractivity (Wildman–Crippen MR) is 92.2 cm³/mol. The first kappa shape index (κ1) is 17.0. The van der Waals surface area contributed by atoms with Crippen molar-refractivity contribution in [2.75, 3.05) is 0 Å². The van der Waals surface area contributed by atoms with Crippen LogP contribution in [0.4, 0.5) is 0 Å². The first-order valence-electron chi connectivity index (χ1n) is 6.67. The first-order valence-corrected chi connectivity index (χ1v) is 8.09. The average molecular weight is 297 g/mol. The average Bonchev–Trinajstić information content (AvgIpc) is 2.50. The molecule has 0 saturated carbocycles. The summed E-state index contributed by atoms with van der Waals surface area (Å²) in [5.74, 6) is 2.01. The van der Waals surface area contributed by atoms with Crippen molar-refractivity contribution >= 4 is 24.4 Å². The van der Waals surface area contributed by atoms with Gasteiger partial charge >= 0.3 is 0 Å². The number of benzene rings is 2. The van der Waals surface area contributed by atoms with Gasteiger partial charge in [0.25, 0.3) is 0 Å². The normalized spacial score (nSPS) is 11.0. The lowest BCUT2D eigenvalue weighted by Gasteiger charge is -2.23. The van der Waals surface area contributed by atoms with Crippen LogP contribution in [-0.2, 0) is 4.79 Å².